The highest BCUT2D eigenvalue weighted by atomic mass is 16.3. The normalized spacial score (nSPS) is 10.6. The average Bonchev–Trinajstić information content (AvgIpc) is 2.45. The lowest BCUT2D eigenvalue weighted by atomic mass is 10.2. The minimum atomic E-state index is 0.527. The van der Waals surface area contributed by atoms with Gasteiger partial charge in [0.05, 0.1) is 11.6 Å². The Morgan fingerprint density at radius 2 is 2.36 bits per heavy atom. The first kappa shape index (κ1) is 6.22. The Morgan fingerprint density at radius 1 is 1.55 bits per heavy atom. The first-order valence-corrected chi connectivity index (χ1v) is 3.37. The van der Waals surface area contributed by atoms with Crippen molar-refractivity contribution in [2.75, 3.05) is 5.73 Å². The molecule has 0 aliphatic heterocycles. The standard InChI is InChI=1S/C8H8N2O/c1-5-4-10-8(9)6-2-3-11-7(5)6/h2-4H,1H3,(H2,9,10). The molecule has 0 atom stereocenters. The summed E-state index contributed by atoms with van der Waals surface area (Å²) in [7, 11) is 0. The van der Waals surface area contributed by atoms with E-state index in [0.717, 1.165) is 16.5 Å². The van der Waals surface area contributed by atoms with E-state index in [1.165, 1.54) is 0 Å². The Bertz CT molecular complexity index is 356. The fourth-order valence-corrected chi connectivity index (χ4v) is 1.11. The van der Waals surface area contributed by atoms with Gasteiger partial charge in [-0.1, -0.05) is 0 Å². The van der Waals surface area contributed by atoms with Gasteiger partial charge in [-0.25, -0.2) is 4.98 Å². The molecule has 3 heteroatoms. The summed E-state index contributed by atoms with van der Waals surface area (Å²) in [6.07, 6.45) is 3.33. The van der Waals surface area contributed by atoms with Crippen molar-refractivity contribution >= 4 is 16.8 Å². The smallest absolute Gasteiger partial charge is 0.141 e. The molecular weight excluding hydrogens is 140 g/mol. The van der Waals surface area contributed by atoms with E-state index in [1.807, 2.05) is 13.0 Å². The van der Waals surface area contributed by atoms with E-state index >= 15 is 0 Å². The molecule has 2 aromatic rings. The van der Waals surface area contributed by atoms with Crippen LogP contribution in [0.15, 0.2) is 22.9 Å². The number of aryl methyl sites for hydroxylation is 1. The molecule has 11 heavy (non-hydrogen) atoms. The van der Waals surface area contributed by atoms with Crippen LogP contribution in [0.1, 0.15) is 5.56 Å². The molecule has 0 fully saturated rings. The molecule has 0 saturated carbocycles. The quantitative estimate of drug-likeness (QED) is 0.618. The second-order valence-corrected chi connectivity index (χ2v) is 2.49. The molecule has 2 rings (SSSR count). The molecule has 2 heterocycles. The number of hydrogen-bond donors (Lipinski definition) is 1. The zero-order chi connectivity index (χ0) is 7.84. The van der Waals surface area contributed by atoms with E-state index in [9.17, 15) is 0 Å². The molecule has 56 valence electrons. The van der Waals surface area contributed by atoms with Crippen molar-refractivity contribution in [3.05, 3.63) is 24.1 Å². The zero-order valence-corrected chi connectivity index (χ0v) is 6.16. The average molecular weight is 148 g/mol. The van der Waals surface area contributed by atoms with Crippen molar-refractivity contribution in [3.8, 4) is 0 Å². The van der Waals surface area contributed by atoms with Crippen molar-refractivity contribution in [2.45, 2.75) is 6.92 Å². The molecule has 0 aliphatic rings. The van der Waals surface area contributed by atoms with Gasteiger partial charge >= 0.3 is 0 Å². The van der Waals surface area contributed by atoms with Crippen LogP contribution in [0.3, 0.4) is 0 Å². The molecule has 0 aliphatic carbocycles. The van der Waals surface area contributed by atoms with Crippen LogP contribution >= 0.6 is 0 Å². The summed E-state index contributed by atoms with van der Waals surface area (Å²) >= 11 is 0. The van der Waals surface area contributed by atoms with Gasteiger partial charge in [0.25, 0.3) is 0 Å². The maximum absolute atomic E-state index is 5.60. The number of nitrogens with two attached hydrogens (primary N) is 1. The fraction of sp³-hybridized carbons (Fsp3) is 0.125. The van der Waals surface area contributed by atoms with Gasteiger partial charge in [0.1, 0.15) is 11.4 Å². The van der Waals surface area contributed by atoms with Crippen LogP contribution in [0.4, 0.5) is 5.82 Å². The topological polar surface area (TPSA) is 52.0 Å². The van der Waals surface area contributed by atoms with Crippen molar-refractivity contribution in [1.82, 2.24) is 4.98 Å². The highest BCUT2D eigenvalue weighted by molar-refractivity contribution is 5.88. The number of anilines is 1. The highest BCUT2D eigenvalue weighted by Crippen LogP contribution is 2.22. The number of rotatable bonds is 0. The van der Waals surface area contributed by atoms with E-state index in [1.54, 1.807) is 12.5 Å². The minimum Gasteiger partial charge on any atom is -0.464 e. The van der Waals surface area contributed by atoms with E-state index < -0.39 is 0 Å². The van der Waals surface area contributed by atoms with E-state index in [0.29, 0.717) is 5.82 Å². The maximum atomic E-state index is 5.60. The Morgan fingerprint density at radius 3 is 3.09 bits per heavy atom. The van der Waals surface area contributed by atoms with Gasteiger partial charge in [0.2, 0.25) is 0 Å². The lowest BCUT2D eigenvalue weighted by Crippen LogP contribution is -1.90. The summed E-state index contributed by atoms with van der Waals surface area (Å²) in [4.78, 5) is 4.00. The molecule has 0 bridgehead atoms. The van der Waals surface area contributed by atoms with E-state index in [4.69, 9.17) is 10.2 Å². The van der Waals surface area contributed by atoms with Crippen LogP contribution in [-0.4, -0.2) is 4.98 Å². The molecule has 0 aromatic carbocycles. The maximum Gasteiger partial charge on any atom is 0.141 e. The summed E-state index contributed by atoms with van der Waals surface area (Å²) in [6, 6.07) is 1.82. The Balaban J connectivity index is 2.96. The third-order valence-electron chi connectivity index (χ3n) is 1.70. The second kappa shape index (κ2) is 1.99. The van der Waals surface area contributed by atoms with E-state index in [2.05, 4.69) is 4.98 Å². The monoisotopic (exact) mass is 148 g/mol. The number of nitrogens with zero attached hydrogens (tertiary/aromatic N) is 1. The van der Waals surface area contributed by atoms with Crippen molar-refractivity contribution in [1.29, 1.82) is 0 Å². The van der Waals surface area contributed by atoms with Gasteiger partial charge in [-0.2, -0.15) is 0 Å². The van der Waals surface area contributed by atoms with Crippen molar-refractivity contribution in [2.24, 2.45) is 0 Å². The molecule has 0 amide bonds. The molecule has 3 nitrogen and oxygen atoms in total. The minimum absolute atomic E-state index is 0.527. The van der Waals surface area contributed by atoms with Crippen LogP contribution in [0, 0.1) is 6.92 Å². The zero-order valence-electron chi connectivity index (χ0n) is 6.16. The second-order valence-electron chi connectivity index (χ2n) is 2.49. The number of nitrogen functional groups attached to an aromatic ring is 1. The summed E-state index contributed by atoms with van der Waals surface area (Å²) in [5.74, 6) is 0.527. The van der Waals surface area contributed by atoms with Gasteiger partial charge in [0, 0.05) is 11.8 Å². The molecule has 0 unspecified atom stereocenters. The van der Waals surface area contributed by atoms with E-state index in [-0.39, 0.29) is 0 Å². The molecule has 2 aromatic heterocycles. The fourth-order valence-electron chi connectivity index (χ4n) is 1.11. The van der Waals surface area contributed by atoms with Crippen LogP contribution < -0.4 is 5.73 Å². The summed E-state index contributed by atoms with van der Waals surface area (Å²) in [5.41, 5.74) is 7.44. The Kier molecular flexibility index (Phi) is 1.12. The number of pyridine rings is 1. The van der Waals surface area contributed by atoms with Gasteiger partial charge in [-0.15, -0.1) is 0 Å². The summed E-state index contributed by atoms with van der Waals surface area (Å²) in [6.45, 7) is 1.94. The van der Waals surface area contributed by atoms with Crippen LogP contribution in [0.25, 0.3) is 11.0 Å². The van der Waals surface area contributed by atoms with Crippen LogP contribution in [0.2, 0.25) is 0 Å². The number of fused-ring (bicyclic) bond motifs is 1. The van der Waals surface area contributed by atoms with Gasteiger partial charge in [-0.05, 0) is 13.0 Å². The van der Waals surface area contributed by atoms with Crippen molar-refractivity contribution < 1.29 is 4.42 Å². The largest absolute Gasteiger partial charge is 0.464 e. The Hall–Kier alpha value is -1.51. The summed E-state index contributed by atoms with van der Waals surface area (Å²) < 4.78 is 5.21. The number of hydrogen-bond acceptors (Lipinski definition) is 3. The predicted molar refractivity (Wildman–Crippen MR) is 43.2 cm³/mol. The van der Waals surface area contributed by atoms with Crippen LogP contribution in [0.5, 0.6) is 0 Å². The third kappa shape index (κ3) is 0.774. The molecule has 2 N–H and O–H groups in total. The third-order valence-corrected chi connectivity index (χ3v) is 1.70. The molecule has 0 saturated heterocycles. The molecule has 0 spiro atoms. The lowest BCUT2D eigenvalue weighted by molar-refractivity contribution is 0.613. The predicted octanol–water partition coefficient (Wildman–Crippen LogP) is 1.72. The lowest BCUT2D eigenvalue weighted by Gasteiger charge is -1.95. The van der Waals surface area contributed by atoms with Gasteiger partial charge in [-0.3, -0.25) is 0 Å². The highest BCUT2D eigenvalue weighted by Gasteiger charge is 2.03. The van der Waals surface area contributed by atoms with Gasteiger partial charge in [0.15, 0.2) is 0 Å². The SMILES string of the molecule is Cc1cnc(N)c2ccoc12. The first-order valence-electron chi connectivity index (χ1n) is 3.37. The summed E-state index contributed by atoms with van der Waals surface area (Å²) in [5, 5.41) is 0.894. The molecular formula is C8H8N2O. The number of furan rings is 1. The number of aromatic nitrogens is 1. The Labute approximate surface area is 63.8 Å². The first-order chi connectivity index (χ1) is 5.29. The molecule has 0 radical (unpaired) electrons. The van der Waals surface area contributed by atoms with Crippen LogP contribution in [-0.2, 0) is 0 Å². The van der Waals surface area contributed by atoms with Crippen molar-refractivity contribution in [3.63, 3.8) is 0 Å². The van der Waals surface area contributed by atoms with Gasteiger partial charge < -0.3 is 10.2 Å².